The molecule has 0 aliphatic heterocycles. The van der Waals surface area contributed by atoms with E-state index in [-0.39, 0.29) is 18.3 Å². The highest BCUT2D eigenvalue weighted by molar-refractivity contribution is 5.85. The van der Waals surface area contributed by atoms with E-state index in [0.717, 1.165) is 28.0 Å². The summed E-state index contributed by atoms with van der Waals surface area (Å²) in [5, 5.41) is 2.81. The molecule has 2 aromatic rings. The molecule has 0 fully saturated rings. The molecule has 5 heteroatoms. The molecule has 3 N–H and O–H groups in total. The minimum absolute atomic E-state index is 0. The van der Waals surface area contributed by atoms with E-state index in [1.165, 1.54) is 0 Å². The molecule has 0 saturated carbocycles. The first-order chi connectivity index (χ1) is 11.0. The Bertz CT molecular complexity index is 651. The third-order valence-corrected chi connectivity index (χ3v) is 3.58. The van der Waals surface area contributed by atoms with Gasteiger partial charge in [0.2, 0.25) is 5.91 Å². The van der Waals surface area contributed by atoms with Crippen LogP contribution < -0.4 is 15.8 Å². The number of nitrogens with one attached hydrogen (secondary N) is 1. The molecule has 0 aliphatic rings. The highest BCUT2D eigenvalue weighted by Gasteiger charge is 2.14. The third kappa shape index (κ3) is 5.87. The Morgan fingerprint density at radius 3 is 2.21 bits per heavy atom. The van der Waals surface area contributed by atoms with Crippen molar-refractivity contribution in [3.8, 4) is 5.75 Å². The van der Waals surface area contributed by atoms with Gasteiger partial charge >= 0.3 is 0 Å². The molecule has 2 aromatic carbocycles. The molecule has 0 bridgehead atoms. The number of halogens is 1. The average molecular weight is 349 g/mol. The maximum atomic E-state index is 12.1. The van der Waals surface area contributed by atoms with Crippen LogP contribution in [0, 0.1) is 20.8 Å². The summed E-state index contributed by atoms with van der Waals surface area (Å²) in [6.45, 7) is 6.89. The summed E-state index contributed by atoms with van der Waals surface area (Å²) in [6.07, 6.45) is 0. The Labute approximate surface area is 149 Å². The number of hydrogen-bond acceptors (Lipinski definition) is 3. The summed E-state index contributed by atoms with van der Waals surface area (Å²) in [4.78, 5) is 12.1. The van der Waals surface area contributed by atoms with Gasteiger partial charge in [-0.05, 0) is 49.6 Å². The van der Waals surface area contributed by atoms with Gasteiger partial charge in [-0.15, -0.1) is 12.4 Å². The number of hydrogen-bond donors (Lipinski definition) is 2. The highest BCUT2D eigenvalue weighted by atomic mass is 35.5. The minimum Gasteiger partial charge on any atom is -0.492 e. The fourth-order valence-electron chi connectivity index (χ4n) is 2.39. The molecule has 0 heterocycles. The second-order valence-corrected chi connectivity index (χ2v) is 5.85. The van der Waals surface area contributed by atoms with Gasteiger partial charge in [0.05, 0.1) is 6.54 Å². The van der Waals surface area contributed by atoms with Crippen molar-refractivity contribution in [3.05, 3.63) is 64.7 Å². The molecule has 130 valence electrons. The first-order valence-electron chi connectivity index (χ1n) is 7.76. The van der Waals surface area contributed by atoms with Gasteiger partial charge in [0.15, 0.2) is 0 Å². The van der Waals surface area contributed by atoms with Crippen LogP contribution in [0.3, 0.4) is 0 Å². The first kappa shape index (κ1) is 20.0. The predicted octanol–water partition coefficient (Wildman–Crippen LogP) is 3.23. The van der Waals surface area contributed by atoms with Gasteiger partial charge in [0.1, 0.15) is 18.4 Å². The zero-order valence-electron chi connectivity index (χ0n) is 14.3. The molecule has 0 aromatic heterocycles. The van der Waals surface area contributed by atoms with Crippen LogP contribution in [0.15, 0.2) is 42.5 Å². The average Bonchev–Trinajstić information content (AvgIpc) is 2.50. The number of nitrogens with two attached hydrogens (primary N) is 1. The first-order valence-corrected chi connectivity index (χ1v) is 7.76. The quantitative estimate of drug-likeness (QED) is 0.788. The zero-order valence-corrected chi connectivity index (χ0v) is 15.2. The Balaban J connectivity index is 0.00000288. The highest BCUT2D eigenvalue weighted by Crippen LogP contribution is 2.16. The topological polar surface area (TPSA) is 64.4 Å². The molecular formula is C19H25ClN2O2. The fourth-order valence-corrected chi connectivity index (χ4v) is 2.39. The maximum absolute atomic E-state index is 12.1. The summed E-state index contributed by atoms with van der Waals surface area (Å²) in [5.74, 6) is 0.623. The van der Waals surface area contributed by atoms with Gasteiger partial charge in [-0.3, -0.25) is 4.79 Å². The summed E-state index contributed by atoms with van der Waals surface area (Å²) < 4.78 is 5.66. The summed E-state index contributed by atoms with van der Waals surface area (Å²) in [5.41, 5.74) is 10.2. The van der Waals surface area contributed by atoms with Crippen LogP contribution in [0.4, 0.5) is 0 Å². The van der Waals surface area contributed by atoms with Crippen molar-refractivity contribution in [2.45, 2.75) is 26.8 Å². The second kappa shape index (κ2) is 9.30. The molecule has 4 nitrogen and oxygen atoms in total. The molecule has 0 radical (unpaired) electrons. The molecule has 1 amide bonds. The van der Waals surface area contributed by atoms with Crippen LogP contribution >= 0.6 is 12.4 Å². The number of carbonyl (C=O) groups is 1. The second-order valence-electron chi connectivity index (χ2n) is 5.85. The lowest BCUT2D eigenvalue weighted by molar-refractivity contribution is -0.122. The Hall–Kier alpha value is -2.04. The lowest BCUT2D eigenvalue weighted by atomic mass is 10.1. The number of amides is 1. The van der Waals surface area contributed by atoms with E-state index in [4.69, 9.17) is 10.5 Å². The molecule has 24 heavy (non-hydrogen) atoms. The maximum Gasteiger partial charge on any atom is 0.241 e. The van der Waals surface area contributed by atoms with Crippen molar-refractivity contribution < 1.29 is 9.53 Å². The van der Waals surface area contributed by atoms with Gasteiger partial charge < -0.3 is 15.8 Å². The van der Waals surface area contributed by atoms with E-state index in [9.17, 15) is 4.79 Å². The number of aryl methyl sites for hydroxylation is 3. The van der Waals surface area contributed by atoms with E-state index < -0.39 is 6.04 Å². The molecule has 0 spiro atoms. The Morgan fingerprint density at radius 1 is 1.04 bits per heavy atom. The lowest BCUT2D eigenvalue weighted by Gasteiger charge is -2.13. The summed E-state index contributed by atoms with van der Waals surface area (Å²) in [7, 11) is 0. The number of rotatable bonds is 6. The monoisotopic (exact) mass is 348 g/mol. The SMILES string of the molecule is Cc1ccc(C(N)C(=O)NCCOc2cc(C)cc(C)c2)cc1.Cl. The van der Waals surface area contributed by atoms with E-state index in [0.29, 0.717) is 13.2 Å². The molecule has 1 unspecified atom stereocenters. The normalized spacial score (nSPS) is 11.3. The number of benzene rings is 2. The predicted molar refractivity (Wildman–Crippen MR) is 99.8 cm³/mol. The number of ether oxygens (including phenoxy) is 1. The largest absolute Gasteiger partial charge is 0.492 e. The molecular weight excluding hydrogens is 324 g/mol. The summed E-state index contributed by atoms with van der Waals surface area (Å²) >= 11 is 0. The fraction of sp³-hybridized carbons (Fsp3) is 0.316. The van der Waals surface area contributed by atoms with Crippen LogP contribution in [0.1, 0.15) is 28.3 Å². The third-order valence-electron chi connectivity index (χ3n) is 3.58. The van der Waals surface area contributed by atoms with Gasteiger partial charge in [0.25, 0.3) is 0 Å². The van der Waals surface area contributed by atoms with Gasteiger partial charge in [-0.2, -0.15) is 0 Å². The van der Waals surface area contributed by atoms with Gasteiger partial charge in [-0.1, -0.05) is 35.9 Å². The molecule has 1 atom stereocenters. The van der Waals surface area contributed by atoms with Crippen LogP contribution in [0.25, 0.3) is 0 Å². The van der Waals surface area contributed by atoms with E-state index in [1.54, 1.807) is 0 Å². The van der Waals surface area contributed by atoms with Crippen molar-refractivity contribution in [3.63, 3.8) is 0 Å². The van der Waals surface area contributed by atoms with Crippen molar-refractivity contribution in [1.82, 2.24) is 5.32 Å². The number of carbonyl (C=O) groups excluding carboxylic acids is 1. The van der Waals surface area contributed by atoms with Crippen molar-refractivity contribution in [2.75, 3.05) is 13.2 Å². The van der Waals surface area contributed by atoms with Crippen molar-refractivity contribution in [2.24, 2.45) is 5.73 Å². The molecule has 0 saturated heterocycles. The Kier molecular flexibility index (Phi) is 7.75. The van der Waals surface area contributed by atoms with E-state index >= 15 is 0 Å². The summed E-state index contributed by atoms with van der Waals surface area (Å²) in [6, 6.07) is 13.1. The van der Waals surface area contributed by atoms with Crippen molar-refractivity contribution >= 4 is 18.3 Å². The van der Waals surface area contributed by atoms with Crippen LogP contribution in [0.2, 0.25) is 0 Å². The van der Waals surface area contributed by atoms with Crippen molar-refractivity contribution in [1.29, 1.82) is 0 Å². The standard InChI is InChI=1S/C19H24N2O2.ClH/c1-13-4-6-16(7-5-13)18(20)19(22)21-8-9-23-17-11-14(2)10-15(3)12-17;/h4-7,10-12,18H,8-9,20H2,1-3H3,(H,21,22);1H. The minimum atomic E-state index is -0.656. The molecule has 0 aliphatic carbocycles. The lowest BCUT2D eigenvalue weighted by Crippen LogP contribution is -2.36. The molecule has 2 rings (SSSR count). The Morgan fingerprint density at radius 2 is 1.62 bits per heavy atom. The van der Waals surface area contributed by atoms with Gasteiger partial charge in [-0.25, -0.2) is 0 Å². The smallest absolute Gasteiger partial charge is 0.241 e. The van der Waals surface area contributed by atoms with Crippen LogP contribution in [0.5, 0.6) is 5.75 Å². The van der Waals surface area contributed by atoms with Crippen LogP contribution in [-0.2, 0) is 4.79 Å². The van der Waals surface area contributed by atoms with Crippen LogP contribution in [-0.4, -0.2) is 19.1 Å². The van der Waals surface area contributed by atoms with E-state index in [2.05, 4.69) is 11.4 Å². The zero-order chi connectivity index (χ0) is 16.8. The van der Waals surface area contributed by atoms with E-state index in [1.807, 2.05) is 57.2 Å². The van der Waals surface area contributed by atoms with Gasteiger partial charge in [0, 0.05) is 0 Å².